The first-order valence-electron chi connectivity index (χ1n) is 9.78. The number of benzene rings is 1. The third-order valence-electron chi connectivity index (χ3n) is 6.01. The Morgan fingerprint density at radius 1 is 1.19 bits per heavy atom. The first kappa shape index (κ1) is 18.1. The highest BCUT2D eigenvalue weighted by Crippen LogP contribution is 2.35. The fraction of sp³-hybridized carbons (Fsp3) is 0.600. The molecule has 1 N–H and O–H groups in total. The van der Waals surface area contributed by atoms with Gasteiger partial charge >= 0.3 is 6.03 Å². The summed E-state index contributed by atoms with van der Waals surface area (Å²) in [5.41, 5.74) is -0.109. The third kappa shape index (κ3) is 3.74. The number of urea groups is 1. The molecule has 0 bridgehead atoms. The van der Waals surface area contributed by atoms with Crippen molar-refractivity contribution in [3.63, 3.8) is 0 Å². The summed E-state index contributed by atoms with van der Waals surface area (Å²) in [4.78, 5) is 28.9. The Morgan fingerprint density at radius 3 is 2.59 bits per heavy atom. The van der Waals surface area contributed by atoms with Crippen LogP contribution in [0.15, 0.2) is 30.3 Å². The van der Waals surface area contributed by atoms with Crippen molar-refractivity contribution in [2.24, 2.45) is 0 Å². The van der Waals surface area contributed by atoms with Crippen LogP contribution in [0.5, 0.6) is 5.75 Å². The number of ether oxygens (including phenoxy) is 2. The van der Waals surface area contributed by atoms with E-state index < -0.39 is 0 Å². The molecule has 3 aliphatic heterocycles. The van der Waals surface area contributed by atoms with Gasteiger partial charge in [0.15, 0.2) is 6.61 Å². The molecule has 0 atom stereocenters. The topological polar surface area (TPSA) is 71.1 Å². The molecule has 7 heteroatoms. The van der Waals surface area contributed by atoms with E-state index in [-0.39, 0.29) is 30.1 Å². The Balaban J connectivity index is 1.31. The van der Waals surface area contributed by atoms with Gasteiger partial charge in [0, 0.05) is 38.9 Å². The summed E-state index contributed by atoms with van der Waals surface area (Å²) in [7, 11) is 0. The van der Waals surface area contributed by atoms with Crippen molar-refractivity contribution in [3.8, 4) is 5.75 Å². The van der Waals surface area contributed by atoms with E-state index in [4.69, 9.17) is 9.47 Å². The standard InChI is InChI=1S/C20H27N3O4/c24-18(14-27-17-4-2-1-3-5-17)22-10-6-16(7-11-22)23-19(25)21-15-20(23)8-12-26-13-9-20/h1-5,16H,6-15H2,(H,21,25). The zero-order valence-corrected chi connectivity index (χ0v) is 15.6. The average molecular weight is 373 g/mol. The molecule has 0 aliphatic carbocycles. The number of amides is 3. The number of likely N-dealkylation sites (tertiary alicyclic amines) is 1. The number of rotatable bonds is 4. The van der Waals surface area contributed by atoms with E-state index in [0.29, 0.717) is 38.6 Å². The van der Waals surface area contributed by atoms with Gasteiger partial charge in [0.1, 0.15) is 5.75 Å². The quantitative estimate of drug-likeness (QED) is 0.871. The largest absolute Gasteiger partial charge is 0.484 e. The second kappa shape index (κ2) is 7.76. The molecule has 3 saturated heterocycles. The van der Waals surface area contributed by atoms with Crippen LogP contribution in [0.25, 0.3) is 0 Å². The number of nitrogens with one attached hydrogen (secondary N) is 1. The Bertz CT molecular complexity index is 667. The molecule has 27 heavy (non-hydrogen) atoms. The van der Waals surface area contributed by atoms with Crippen molar-refractivity contribution >= 4 is 11.9 Å². The second-order valence-electron chi connectivity index (χ2n) is 7.58. The van der Waals surface area contributed by atoms with Gasteiger partial charge in [-0.25, -0.2) is 4.79 Å². The van der Waals surface area contributed by atoms with Gasteiger partial charge in [0.2, 0.25) is 0 Å². The number of carbonyl (C=O) groups is 2. The van der Waals surface area contributed by atoms with Crippen LogP contribution in [0.1, 0.15) is 25.7 Å². The summed E-state index contributed by atoms with van der Waals surface area (Å²) in [6.07, 6.45) is 3.39. The molecule has 3 heterocycles. The van der Waals surface area contributed by atoms with Crippen LogP contribution in [0.2, 0.25) is 0 Å². The number of hydrogen-bond acceptors (Lipinski definition) is 4. The van der Waals surface area contributed by atoms with E-state index >= 15 is 0 Å². The fourth-order valence-corrected chi connectivity index (χ4v) is 4.47. The van der Waals surface area contributed by atoms with Crippen LogP contribution < -0.4 is 10.1 Å². The highest BCUT2D eigenvalue weighted by molar-refractivity contribution is 5.79. The van der Waals surface area contributed by atoms with E-state index in [1.165, 1.54) is 0 Å². The summed E-state index contributed by atoms with van der Waals surface area (Å²) in [6.45, 7) is 3.51. The SMILES string of the molecule is O=C(COc1ccccc1)N1CCC(N2C(=O)NCC23CCOCC3)CC1. The van der Waals surface area contributed by atoms with Crippen molar-refractivity contribution in [1.82, 2.24) is 15.1 Å². The first-order valence-corrected chi connectivity index (χ1v) is 9.78. The lowest BCUT2D eigenvalue weighted by Crippen LogP contribution is -2.58. The Morgan fingerprint density at radius 2 is 1.89 bits per heavy atom. The van der Waals surface area contributed by atoms with Crippen LogP contribution in [0.3, 0.4) is 0 Å². The molecule has 1 aromatic rings. The molecule has 3 amide bonds. The number of piperidine rings is 1. The van der Waals surface area contributed by atoms with E-state index in [1.807, 2.05) is 35.2 Å². The lowest BCUT2D eigenvalue weighted by Gasteiger charge is -2.46. The van der Waals surface area contributed by atoms with Gasteiger partial charge in [0.05, 0.1) is 5.54 Å². The molecular formula is C20H27N3O4. The normalized spacial score (nSPS) is 22.7. The Labute approximate surface area is 159 Å². The molecule has 146 valence electrons. The van der Waals surface area contributed by atoms with Gasteiger partial charge in [-0.1, -0.05) is 18.2 Å². The monoisotopic (exact) mass is 373 g/mol. The van der Waals surface area contributed by atoms with Gasteiger partial charge < -0.3 is 24.6 Å². The maximum absolute atomic E-state index is 12.5. The maximum Gasteiger partial charge on any atom is 0.318 e. The van der Waals surface area contributed by atoms with Crippen LogP contribution >= 0.6 is 0 Å². The zero-order valence-electron chi connectivity index (χ0n) is 15.6. The molecule has 4 rings (SSSR count). The molecule has 7 nitrogen and oxygen atoms in total. The zero-order chi connectivity index (χ0) is 18.7. The molecule has 0 unspecified atom stereocenters. The summed E-state index contributed by atoms with van der Waals surface area (Å²) in [6, 6.07) is 9.60. The van der Waals surface area contributed by atoms with Crippen LogP contribution in [0.4, 0.5) is 4.79 Å². The van der Waals surface area contributed by atoms with Crippen molar-refractivity contribution in [3.05, 3.63) is 30.3 Å². The van der Waals surface area contributed by atoms with Gasteiger partial charge in [-0.05, 0) is 37.8 Å². The highest BCUT2D eigenvalue weighted by Gasteiger charge is 2.49. The molecule has 3 aliphatic rings. The molecule has 0 saturated carbocycles. The Kier molecular flexibility index (Phi) is 5.20. The third-order valence-corrected chi connectivity index (χ3v) is 6.01. The van der Waals surface area contributed by atoms with Crippen LogP contribution in [0, 0.1) is 0 Å². The number of hydrogen-bond donors (Lipinski definition) is 1. The Hall–Kier alpha value is -2.28. The van der Waals surface area contributed by atoms with Crippen molar-refractivity contribution in [2.75, 3.05) is 39.5 Å². The molecule has 0 radical (unpaired) electrons. The van der Waals surface area contributed by atoms with Gasteiger partial charge in [-0.15, -0.1) is 0 Å². The molecular weight excluding hydrogens is 346 g/mol. The summed E-state index contributed by atoms with van der Waals surface area (Å²) in [5, 5.41) is 3.03. The number of carbonyl (C=O) groups excluding carboxylic acids is 2. The first-order chi connectivity index (χ1) is 13.2. The van der Waals surface area contributed by atoms with E-state index in [1.54, 1.807) is 0 Å². The van der Waals surface area contributed by atoms with Gasteiger partial charge in [-0.3, -0.25) is 4.79 Å². The van der Waals surface area contributed by atoms with Crippen LogP contribution in [-0.4, -0.2) is 72.8 Å². The van der Waals surface area contributed by atoms with Gasteiger partial charge in [0.25, 0.3) is 5.91 Å². The van der Waals surface area contributed by atoms with Crippen molar-refractivity contribution in [2.45, 2.75) is 37.3 Å². The van der Waals surface area contributed by atoms with E-state index in [2.05, 4.69) is 10.2 Å². The van der Waals surface area contributed by atoms with Crippen molar-refractivity contribution in [1.29, 1.82) is 0 Å². The number of para-hydroxylation sites is 1. The van der Waals surface area contributed by atoms with Crippen LogP contribution in [-0.2, 0) is 9.53 Å². The second-order valence-corrected chi connectivity index (χ2v) is 7.58. The number of nitrogens with zero attached hydrogens (tertiary/aromatic N) is 2. The van der Waals surface area contributed by atoms with Crippen molar-refractivity contribution < 1.29 is 19.1 Å². The average Bonchev–Trinajstić information content (AvgIpc) is 3.03. The minimum atomic E-state index is -0.109. The molecule has 1 spiro atoms. The fourth-order valence-electron chi connectivity index (χ4n) is 4.47. The smallest absolute Gasteiger partial charge is 0.318 e. The predicted molar refractivity (Wildman–Crippen MR) is 99.6 cm³/mol. The van der Waals surface area contributed by atoms with E-state index in [0.717, 1.165) is 25.7 Å². The molecule has 3 fully saturated rings. The summed E-state index contributed by atoms with van der Waals surface area (Å²) in [5.74, 6) is 0.708. The summed E-state index contributed by atoms with van der Waals surface area (Å²) >= 11 is 0. The molecule has 0 aromatic heterocycles. The minimum Gasteiger partial charge on any atom is -0.484 e. The highest BCUT2D eigenvalue weighted by atomic mass is 16.5. The summed E-state index contributed by atoms with van der Waals surface area (Å²) < 4.78 is 11.1. The van der Waals surface area contributed by atoms with Gasteiger partial charge in [-0.2, -0.15) is 0 Å². The lowest BCUT2D eigenvalue weighted by molar-refractivity contribution is -0.135. The predicted octanol–water partition coefficient (Wildman–Crippen LogP) is 1.63. The molecule has 1 aromatic carbocycles. The lowest BCUT2D eigenvalue weighted by atomic mass is 9.86. The minimum absolute atomic E-state index is 0.00366. The van der Waals surface area contributed by atoms with E-state index in [9.17, 15) is 9.59 Å². The maximum atomic E-state index is 12.5.